The highest BCUT2D eigenvalue weighted by atomic mass is 16.3. The average molecular weight is 401 g/mol. The fraction of sp³-hybridized carbons (Fsp3) is 0.529. The zero-order chi connectivity index (χ0) is 21.4. The molecule has 0 radical (unpaired) electrons. The van der Waals surface area contributed by atoms with Gasteiger partial charge in [0, 0.05) is 36.2 Å². The van der Waals surface area contributed by atoms with Crippen molar-refractivity contribution in [3.8, 4) is 0 Å². The Bertz CT molecular complexity index is 649. The standard InChI is InChI=1S/C17H27N3O8/c18-16(27)13-3-14(17(19)28)12(2-9(25)6-22)15(20-4-10(26)7-23)11(13)1-8(24)5-21/h3,8-10,20-26H,1-2,4-7H2,(H2,18,27)(H2,19,28). The fourth-order valence-corrected chi connectivity index (χ4v) is 2.73. The van der Waals surface area contributed by atoms with Crippen LogP contribution in [0, 0.1) is 0 Å². The first-order valence-corrected chi connectivity index (χ1v) is 8.55. The smallest absolute Gasteiger partial charge is 0.249 e. The Labute approximate surface area is 161 Å². The molecule has 0 saturated heterocycles. The Kier molecular flexibility index (Phi) is 9.25. The molecule has 28 heavy (non-hydrogen) atoms. The highest BCUT2D eigenvalue weighted by Crippen LogP contribution is 2.31. The second-order valence-corrected chi connectivity index (χ2v) is 6.33. The number of nitrogens with one attached hydrogen (secondary N) is 1. The zero-order valence-electron chi connectivity index (χ0n) is 15.2. The van der Waals surface area contributed by atoms with E-state index in [4.69, 9.17) is 26.8 Å². The van der Waals surface area contributed by atoms with Crippen molar-refractivity contribution in [2.24, 2.45) is 11.5 Å². The molecular weight excluding hydrogens is 374 g/mol. The topological polar surface area (TPSA) is 220 Å². The van der Waals surface area contributed by atoms with Crippen molar-refractivity contribution in [3.05, 3.63) is 28.3 Å². The molecule has 3 unspecified atom stereocenters. The van der Waals surface area contributed by atoms with Gasteiger partial charge in [0.2, 0.25) is 11.8 Å². The number of aliphatic hydroxyl groups excluding tert-OH is 6. The minimum atomic E-state index is -1.27. The highest BCUT2D eigenvalue weighted by Gasteiger charge is 2.26. The average Bonchev–Trinajstić information content (AvgIpc) is 2.66. The predicted octanol–water partition coefficient (Wildman–Crippen LogP) is -3.56. The van der Waals surface area contributed by atoms with Gasteiger partial charge in [-0.1, -0.05) is 0 Å². The third-order valence-corrected chi connectivity index (χ3v) is 4.10. The first kappa shape index (κ1) is 23.8. The quantitative estimate of drug-likeness (QED) is 0.169. The number of benzene rings is 1. The van der Waals surface area contributed by atoms with Gasteiger partial charge < -0.3 is 47.4 Å². The summed E-state index contributed by atoms with van der Waals surface area (Å²) in [5.41, 5.74) is 10.8. The predicted molar refractivity (Wildman–Crippen MR) is 98.7 cm³/mol. The molecule has 0 saturated carbocycles. The second-order valence-electron chi connectivity index (χ2n) is 6.33. The van der Waals surface area contributed by atoms with Crippen LogP contribution in [0.2, 0.25) is 0 Å². The van der Waals surface area contributed by atoms with Gasteiger partial charge >= 0.3 is 0 Å². The lowest BCUT2D eigenvalue weighted by Gasteiger charge is -2.24. The van der Waals surface area contributed by atoms with Gasteiger partial charge in [-0.3, -0.25) is 9.59 Å². The summed E-state index contributed by atoms with van der Waals surface area (Å²) >= 11 is 0. The number of carbonyl (C=O) groups is 2. The molecule has 11 nitrogen and oxygen atoms in total. The Hall–Kier alpha value is -2.28. The van der Waals surface area contributed by atoms with Gasteiger partial charge in [-0.25, -0.2) is 0 Å². The minimum Gasteiger partial charge on any atom is -0.394 e. The number of carbonyl (C=O) groups excluding carboxylic acids is 2. The molecule has 0 fully saturated rings. The van der Waals surface area contributed by atoms with Gasteiger partial charge in [-0.05, 0) is 17.2 Å². The Morgan fingerprint density at radius 1 is 0.821 bits per heavy atom. The van der Waals surface area contributed by atoms with Gasteiger partial charge in [-0.15, -0.1) is 0 Å². The molecule has 0 aliphatic carbocycles. The molecule has 0 spiro atoms. The van der Waals surface area contributed by atoms with E-state index in [1.807, 2.05) is 0 Å². The monoisotopic (exact) mass is 401 g/mol. The molecule has 1 rings (SSSR count). The minimum absolute atomic E-state index is 0.0811. The van der Waals surface area contributed by atoms with Crippen LogP contribution in [-0.2, 0) is 12.8 Å². The third kappa shape index (κ3) is 6.12. The van der Waals surface area contributed by atoms with Crippen molar-refractivity contribution >= 4 is 17.5 Å². The molecule has 3 atom stereocenters. The normalized spacial score (nSPS) is 14.4. The summed E-state index contributed by atoms with van der Waals surface area (Å²) in [5, 5.41) is 59.5. The molecule has 0 bridgehead atoms. The summed E-state index contributed by atoms with van der Waals surface area (Å²) in [5.74, 6) is -1.86. The molecule has 0 heterocycles. The molecule has 11 N–H and O–H groups in total. The van der Waals surface area contributed by atoms with Gasteiger partial charge in [0.25, 0.3) is 0 Å². The van der Waals surface area contributed by atoms with Crippen molar-refractivity contribution in [1.29, 1.82) is 0 Å². The van der Waals surface area contributed by atoms with Gasteiger partial charge in [0.1, 0.15) is 0 Å². The van der Waals surface area contributed by atoms with Crippen LogP contribution in [0.4, 0.5) is 5.69 Å². The lowest BCUT2D eigenvalue weighted by Crippen LogP contribution is -2.29. The first-order chi connectivity index (χ1) is 13.2. The van der Waals surface area contributed by atoms with Crippen molar-refractivity contribution < 1.29 is 40.2 Å². The molecule has 0 aromatic heterocycles. The second kappa shape index (κ2) is 10.9. The molecule has 158 valence electrons. The summed E-state index contributed by atoms with van der Waals surface area (Å²) < 4.78 is 0. The van der Waals surface area contributed by atoms with E-state index in [1.54, 1.807) is 0 Å². The van der Waals surface area contributed by atoms with Crippen molar-refractivity contribution in [3.63, 3.8) is 0 Å². The van der Waals surface area contributed by atoms with E-state index in [2.05, 4.69) is 5.32 Å². The van der Waals surface area contributed by atoms with Crippen LogP contribution in [0.1, 0.15) is 31.8 Å². The maximum absolute atomic E-state index is 11.9. The van der Waals surface area contributed by atoms with Crippen LogP contribution in [0.5, 0.6) is 0 Å². The number of amides is 2. The summed E-state index contributed by atoms with van der Waals surface area (Å²) in [6, 6.07) is 1.12. The molecule has 11 heteroatoms. The Balaban J connectivity index is 3.72. The first-order valence-electron chi connectivity index (χ1n) is 8.55. The van der Waals surface area contributed by atoms with Crippen molar-refractivity contribution in [1.82, 2.24) is 0 Å². The number of aliphatic hydroxyl groups is 6. The van der Waals surface area contributed by atoms with E-state index in [0.29, 0.717) is 0 Å². The van der Waals surface area contributed by atoms with Crippen LogP contribution in [0.15, 0.2) is 6.07 Å². The lowest BCUT2D eigenvalue weighted by atomic mass is 9.89. The maximum Gasteiger partial charge on any atom is 0.249 e. The van der Waals surface area contributed by atoms with E-state index >= 15 is 0 Å². The van der Waals surface area contributed by atoms with Gasteiger partial charge in [0.05, 0.1) is 38.1 Å². The number of primary amides is 2. The van der Waals surface area contributed by atoms with Gasteiger partial charge in [-0.2, -0.15) is 0 Å². The van der Waals surface area contributed by atoms with Crippen LogP contribution < -0.4 is 16.8 Å². The Morgan fingerprint density at radius 3 is 1.54 bits per heavy atom. The third-order valence-electron chi connectivity index (χ3n) is 4.10. The van der Waals surface area contributed by atoms with E-state index in [0.717, 1.165) is 6.07 Å². The van der Waals surface area contributed by atoms with E-state index in [-0.39, 0.29) is 47.3 Å². The fourth-order valence-electron chi connectivity index (χ4n) is 2.73. The summed E-state index contributed by atoms with van der Waals surface area (Å²) in [6.07, 6.45) is -4.21. The zero-order valence-corrected chi connectivity index (χ0v) is 15.2. The summed E-state index contributed by atoms with van der Waals surface area (Å²) in [7, 11) is 0. The summed E-state index contributed by atoms with van der Waals surface area (Å²) in [4.78, 5) is 23.8. The van der Waals surface area contributed by atoms with Crippen molar-refractivity contribution in [2.45, 2.75) is 31.2 Å². The number of anilines is 1. The van der Waals surface area contributed by atoms with E-state index < -0.39 is 49.9 Å². The number of nitrogens with two attached hydrogens (primary N) is 2. The number of hydrogen-bond acceptors (Lipinski definition) is 9. The highest BCUT2D eigenvalue weighted by molar-refractivity contribution is 6.03. The maximum atomic E-state index is 11.9. The molecule has 1 aromatic carbocycles. The molecule has 1 aromatic rings. The SMILES string of the molecule is NC(=O)c1cc(C(N)=O)c(CC(O)CO)c(NCC(O)CO)c1CC(O)CO. The number of hydrogen-bond donors (Lipinski definition) is 9. The van der Waals surface area contributed by atoms with Gasteiger partial charge in [0.15, 0.2) is 0 Å². The van der Waals surface area contributed by atoms with Crippen molar-refractivity contribution in [2.75, 3.05) is 31.7 Å². The number of rotatable bonds is 12. The van der Waals surface area contributed by atoms with Crippen LogP contribution in [-0.4, -0.2) is 87.1 Å². The molecule has 0 aliphatic rings. The van der Waals surface area contributed by atoms with Crippen LogP contribution in [0.3, 0.4) is 0 Å². The largest absolute Gasteiger partial charge is 0.394 e. The van der Waals surface area contributed by atoms with E-state index in [9.17, 15) is 24.9 Å². The Morgan fingerprint density at radius 2 is 1.21 bits per heavy atom. The summed E-state index contributed by atoms with van der Waals surface area (Å²) in [6.45, 7) is -2.03. The van der Waals surface area contributed by atoms with E-state index in [1.165, 1.54) is 0 Å². The molecular formula is C17H27N3O8. The van der Waals surface area contributed by atoms with Crippen LogP contribution >= 0.6 is 0 Å². The lowest BCUT2D eigenvalue weighted by molar-refractivity contribution is 0.0929. The van der Waals surface area contributed by atoms with Crippen LogP contribution in [0.25, 0.3) is 0 Å². The molecule has 2 amide bonds. The molecule has 0 aliphatic heterocycles.